The SMILES string of the molecule is CC(NCc1ccccc1)c1ccc(C(F)(F)F)cc1. The zero-order valence-corrected chi connectivity index (χ0v) is 11.1. The van der Waals surface area contributed by atoms with Crippen molar-refractivity contribution in [2.24, 2.45) is 0 Å². The van der Waals surface area contributed by atoms with Crippen LogP contribution in [0.5, 0.6) is 0 Å². The molecule has 106 valence electrons. The van der Waals surface area contributed by atoms with Gasteiger partial charge in [-0.15, -0.1) is 0 Å². The predicted molar refractivity (Wildman–Crippen MR) is 73.1 cm³/mol. The summed E-state index contributed by atoms with van der Waals surface area (Å²) in [7, 11) is 0. The van der Waals surface area contributed by atoms with Gasteiger partial charge in [0.05, 0.1) is 5.56 Å². The number of hydrogen-bond donors (Lipinski definition) is 1. The van der Waals surface area contributed by atoms with Gasteiger partial charge in [-0.1, -0.05) is 42.5 Å². The van der Waals surface area contributed by atoms with Gasteiger partial charge in [0.1, 0.15) is 0 Å². The first-order valence-electron chi connectivity index (χ1n) is 6.41. The summed E-state index contributed by atoms with van der Waals surface area (Å²) >= 11 is 0. The molecule has 0 aliphatic heterocycles. The zero-order chi connectivity index (χ0) is 14.6. The van der Waals surface area contributed by atoms with Crippen LogP contribution >= 0.6 is 0 Å². The lowest BCUT2D eigenvalue weighted by Crippen LogP contribution is -2.18. The van der Waals surface area contributed by atoms with Crippen LogP contribution in [-0.2, 0) is 12.7 Å². The molecule has 4 heteroatoms. The summed E-state index contributed by atoms with van der Waals surface area (Å²) in [6, 6.07) is 15.2. The van der Waals surface area contributed by atoms with Crippen molar-refractivity contribution < 1.29 is 13.2 Å². The van der Waals surface area contributed by atoms with Crippen LogP contribution in [0.3, 0.4) is 0 Å². The highest BCUT2D eigenvalue weighted by Crippen LogP contribution is 2.29. The third-order valence-corrected chi connectivity index (χ3v) is 3.19. The summed E-state index contributed by atoms with van der Waals surface area (Å²) in [5, 5.41) is 3.29. The summed E-state index contributed by atoms with van der Waals surface area (Å²) in [5.74, 6) is 0. The third kappa shape index (κ3) is 3.84. The Labute approximate surface area is 116 Å². The summed E-state index contributed by atoms with van der Waals surface area (Å²) in [6.45, 7) is 2.62. The van der Waals surface area contributed by atoms with Crippen LogP contribution < -0.4 is 5.32 Å². The van der Waals surface area contributed by atoms with Crippen LogP contribution in [0.25, 0.3) is 0 Å². The minimum absolute atomic E-state index is 0.00232. The highest BCUT2D eigenvalue weighted by Gasteiger charge is 2.30. The van der Waals surface area contributed by atoms with Crippen LogP contribution in [0.1, 0.15) is 29.7 Å². The minimum Gasteiger partial charge on any atom is -0.306 e. The normalized spacial score (nSPS) is 13.2. The van der Waals surface area contributed by atoms with Gasteiger partial charge in [-0.25, -0.2) is 0 Å². The summed E-state index contributed by atoms with van der Waals surface area (Å²) in [6.07, 6.45) is -4.28. The molecule has 2 aromatic rings. The van der Waals surface area contributed by atoms with E-state index in [1.807, 2.05) is 37.3 Å². The van der Waals surface area contributed by atoms with Crippen molar-refractivity contribution >= 4 is 0 Å². The van der Waals surface area contributed by atoms with Gasteiger partial charge in [-0.05, 0) is 30.2 Å². The van der Waals surface area contributed by atoms with Gasteiger partial charge in [0.15, 0.2) is 0 Å². The molecule has 0 radical (unpaired) electrons. The molecule has 1 N–H and O–H groups in total. The first-order valence-corrected chi connectivity index (χ1v) is 6.41. The van der Waals surface area contributed by atoms with Crippen LogP contribution in [0.15, 0.2) is 54.6 Å². The summed E-state index contributed by atoms with van der Waals surface area (Å²) < 4.78 is 37.4. The molecule has 0 fully saturated rings. The van der Waals surface area contributed by atoms with Gasteiger partial charge < -0.3 is 5.32 Å². The molecule has 0 amide bonds. The lowest BCUT2D eigenvalue weighted by Gasteiger charge is -2.15. The van der Waals surface area contributed by atoms with Crippen LogP contribution in [0.2, 0.25) is 0 Å². The van der Waals surface area contributed by atoms with Gasteiger partial charge in [0.2, 0.25) is 0 Å². The standard InChI is InChI=1S/C16H16F3N/c1-12(20-11-13-5-3-2-4-6-13)14-7-9-15(10-8-14)16(17,18)19/h2-10,12,20H,11H2,1H3. The molecule has 1 nitrogen and oxygen atoms in total. The second-order valence-corrected chi connectivity index (χ2v) is 4.71. The van der Waals surface area contributed by atoms with E-state index in [9.17, 15) is 13.2 Å². The van der Waals surface area contributed by atoms with E-state index in [1.54, 1.807) is 0 Å². The van der Waals surface area contributed by atoms with E-state index < -0.39 is 11.7 Å². The van der Waals surface area contributed by atoms with Crippen molar-refractivity contribution in [2.75, 3.05) is 0 Å². The second-order valence-electron chi connectivity index (χ2n) is 4.71. The summed E-state index contributed by atoms with van der Waals surface area (Å²) in [4.78, 5) is 0. The number of alkyl halides is 3. The number of rotatable bonds is 4. The Hall–Kier alpha value is -1.81. The van der Waals surface area contributed by atoms with Crippen molar-refractivity contribution in [3.05, 3.63) is 71.3 Å². The molecule has 1 unspecified atom stereocenters. The maximum absolute atomic E-state index is 12.5. The number of nitrogens with one attached hydrogen (secondary N) is 1. The maximum Gasteiger partial charge on any atom is 0.416 e. The second kappa shape index (κ2) is 6.09. The average molecular weight is 279 g/mol. The van der Waals surface area contributed by atoms with Crippen LogP contribution in [-0.4, -0.2) is 0 Å². The molecular weight excluding hydrogens is 263 g/mol. The fraction of sp³-hybridized carbons (Fsp3) is 0.250. The van der Waals surface area contributed by atoms with Crippen LogP contribution in [0, 0.1) is 0 Å². The molecular formula is C16H16F3N. The minimum atomic E-state index is -4.28. The van der Waals surface area contributed by atoms with Crippen molar-refractivity contribution in [1.29, 1.82) is 0 Å². The monoisotopic (exact) mass is 279 g/mol. The molecule has 0 bridgehead atoms. The van der Waals surface area contributed by atoms with Gasteiger partial charge in [-0.2, -0.15) is 13.2 Å². The van der Waals surface area contributed by atoms with Gasteiger partial charge in [0.25, 0.3) is 0 Å². The van der Waals surface area contributed by atoms with Crippen molar-refractivity contribution in [1.82, 2.24) is 5.32 Å². The zero-order valence-electron chi connectivity index (χ0n) is 11.1. The fourth-order valence-corrected chi connectivity index (χ4v) is 1.95. The van der Waals surface area contributed by atoms with E-state index in [0.29, 0.717) is 6.54 Å². The molecule has 0 heterocycles. The van der Waals surface area contributed by atoms with E-state index in [0.717, 1.165) is 23.3 Å². The summed E-state index contributed by atoms with van der Waals surface area (Å²) in [5.41, 5.74) is 1.37. The largest absolute Gasteiger partial charge is 0.416 e. The Balaban J connectivity index is 1.97. The topological polar surface area (TPSA) is 12.0 Å². The van der Waals surface area contributed by atoms with E-state index in [-0.39, 0.29) is 6.04 Å². The van der Waals surface area contributed by atoms with E-state index in [1.165, 1.54) is 12.1 Å². The smallest absolute Gasteiger partial charge is 0.306 e. The van der Waals surface area contributed by atoms with Gasteiger partial charge in [0, 0.05) is 12.6 Å². The number of hydrogen-bond acceptors (Lipinski definition) is 1. The molecule has 0 spiro atoms. The quantitative estimate of drug-likeness (QED) is 0.865. The molecule has 20 heavy (non-hydrogen) atoms. The van der Waals surface area contributed by atoms with Gasteiger partial charge in [-0.3, -0.25) is 0 Å². The first-order chi connectivity index (χ1) is 9.47. The molecule has 0 aliphatic rings. The highest BCUT2D eigenvalue weighted by atomic mass is 19.4. The Morgan fingerprint density at radius 2 is 1.55 bits per heavy atom. The van der Waals surface area contributed by atoms with Crippen LogP contribution in [0.4, 0.5) is 13.2 Å². The lowest BCUT2D eigenvalue weighted by atomic mass is 10.1. The maximum atomic E-state index is 12.5. The lowest BCUT2D eigenvalue weighted by molar-refractivity contribution is -0.137. The number of benzene rings is 2. The average Bonchev–Trinajstić information content (AvgIpc) is 2.45. The molecule has 0 saturated carbocycles. The fourth-order valence-electron chi connectivity index (χ4n) is 1.95. The van der Waals surface area contributed by atoms with Crippen molar-refractivity contribution in [2.45, 2.75) is 25.7 Å². The third-order valence-electron chi connectivity index (χ3n) is 3.19. The highest BCUT2D eigenvalue weighted by molar-refractivity contribution is 5.26. The Bertz CT molecular complexity index is 532. The molecule has 0 aromatic heterocycles. The van der Waals surface area contributed by atoms with E-state index in [2.05, 4.69) is 5.32 Å². The molecule has 2 rings (SSSR count). The first kappa shape index (κ1) is 14.6. The number of halogens is 3. The molecule has 2 aromatic carbocycles. The molecule has 1 atom stereocenters. The van der Waals surface area contributed by atoms with E-state index in [4.69, 9.17) is 0 Å². The van der Waals surface area contributed by atoms with Crippen molar-refractivity contribution in [3.8, 4) is 0 Å². The van der Waals surface area contributed by atoms with Crippen molar-refractivity contribution in [3.63, 3.8) is 0 Å². The molecule has 0 aliphatic carbocycles. The Morgan fingerprint density at radius 1 is 0.950 bits per heavy atom. The molecule has 0 saturated heterocycles. The van der Waals surface area contributed by atoms with Gasteiger partial charge >= 0.3 is 6.18 Å². The Kier molecular flexibility index (Phi) is 4.45. The van der Waals surface area contributed by atoms with E-state index >= 15 is 0 Å². The predicted octanol–water partition coefficient (Wildman–Crippen LogP) is 4.56. The Morgan fingerprint density at radius 3 is 2.10 bits per heavy atom.